The molecular weight excluding hydrogens is 192 g/mol. The molecule has 1 saturated carbocycles. The molecule has 1 heterocycles. The van der Waals surface area contributed by atoms with Crippen LogP contribution in [0.15, 0.2) is 24.3 Å². The van der Waals surface area contributed by atoms with Crippen molar-refractivity contribution < 1.29 is 9.63 Å². The minimum Gasteiger partial charge on any atom is -0.399 e. The third-order valence-electron chi connectivity index (χ3n) is 2.92. The van der Waals surface area contributed by atoms with Gasteiger partial charge in [0.05, 0.1) is 12.1 Å². The first kappa shape index (κ1) is 8.73. The van der Waals surface area contributed by atoms with Gasteiger partial charge in [0.1, 0.15) is 5.60 Å². The van der Waals surface area contributed by atoms with Crippen LogP contribution in [0.1, 0.15) is 19.3 Å². The Hall–Kier alpha value is -1.55. The molecule has 4 heteroatoms. The topological polar surface area (TPSA) is 55.6 Å². The fraction of sp³-hybridized carbons (Fsp3) is 0.364. The Morgan fingerprint density at radius 2 is 1.93 bits per heavy atom. The lowest BCUT2D eigenvalue weighted by atomic mass is 10.2. The Labute approximate surface area is 87.6 Å². The number of amides is 1. The molecule has 2 N–H and O–H groups in total. The average Bonchev–Trinajstić information content (AvgIpc) is 2.87. The van der Waals surface area contributed by atoms with Crippen LogP contribution in [0.25, 0.3) is 0 Å². The Kier molecular flexibility index (Phi) is 1.59. The summed E-state index contributed by atoms with van der Waals surface area (Å²) >= 11 is 0. The Balaban J connectivity index is 1.88. The Morgan fingerprint density at radius 1 is 1.27 bits per heavy atom. The number of hydroxylamine groups is 1. The van der Waals surface area contributed by atoms with E-state index in [1.54, 1.807) is 24.3 Å². The minimum atomic E-state index is -0.168. The van der Waals surface area contributed by atoms with E-state index in [1.807, 2.05) is 0 Å². The van der Waals surface area contributed by atoms with E-state index >= 15 is 0 Å². The summed E-state index contributed by atoms with van der Waals surface area (Å²) in [7, 11) is 0. The summed E-state index contributed by atoms with van der Waals surface area (Å²) in [5, 5.41) is 1.40. The van der Waals surface area contributed by atoms with Crippen molar-refractivity contribution >= 4 is 17.3 Å². The highest BCUT2D eigenvalue weighted by molar-refractivity contribution is 5.94. The Bertz CT molecular complexity index is 409. The van der Waals surface area contributed by atoms with Gasteiger partial charge >= 0.3 is 0 Å². The average molecular weight is 204 g/mol. The van der Waals surface area contributed by atoms with E-state index in [1.165, 1.54) is 5.06 Å². The van der Waals surface area contributed by atoms with Gasteiger partial charge in [0.2, 0.25) is 0 Å². The van der Waals surface area contributed by atoms with E-state index in [0.29, 0.717) is 12.1 Å². The quantitative estimate of drug-likeness (QED) is 0.705. The van der Waals surface area contributed by atoms with Crippen LogP contribution in [0, 0.1) is 0 Å². The van der Waals surface area contributed by atoms with Crippen LogP contribution >= 0.6 is 0 Å². The molecule has 0 bridgehead atoms. The molecule has 0 unspecified atom stereocenters. The molecule has 1 aliphatic carbocycles. The van der Waals surface area contributed by atoms with E-state index in [-0.39, 0.29) is 11.5 Å². The van der Waals surface area contributed by atoms with Crippen LogP contribution in [0.5, 0.6) is 0 Å². The molecule has 78 valence electrons. The minimum absolute atomic E-state index is 0.0391. The fourth-order valence-electron chi connectivity index (χ4n) is 1.84. The summed E-state index contributed by atoms with van der Waals surface area (Å²) in [5.41, 5.74) is 6.86. The fourth-order valence-corrected chi connectivity index (χ4v) is 1.84. The van der Waals surface area contributed by atoms with Gasteiger partial charge in [-0.3, -0.25) is 9.63 Å². The van der Waals surface area contributed by atoms with E-state index < -0.39 is 0 Å². The molecule has 2 fully saturated rings. The summed E-state index contributed by atoms with van der Waals surface area (Å²) < 4.78 is 0. The Morgan fingerprint density at radius 3 is 2.47 bits per heavy atom. The monoisotopic (exact) mass is 204 g/mol. The van der Waals surface area contributed by atoms with Gasteiger partial charge in [-0.15, -0.1) is 0 Å². The zero-order valence-electron chi connectivity index (χ0n) is 8.27. The molecule has 2 aliphatic rings. The maximum absolute atomic E-state index is 11.7. The van der Waals surface area contributed by atoms with Gasteiger partial charge in [-0.2, -0.15) is 5.06 Å². The molecule has 0 aromatic heterocycles. The maximum atomic E-state index is 11.7. The predicted octanol–water partition coefficient (Wildman–Crippen LogP) is 1.47. The van der Waals surface area contributed by atoms with Gasteiger partial charge in [-0.05, 0) is 37.1 Å². The molecule has 1 aromatic carbocycles. The highest BCUT2D eigenvalue weighted by Gasteiger charge is 2.54. The van der Waals surface area contributed by atoms with Gasteiger partial charge < -0.3 is 5.73 Å². The number of nitrogens with two attached hydrogens (primary N) is 1. The van der Waals surface area contributed by atoms with E-state index in [2.05, 4.69) is 0 Å². The lowest BCUT2D eigenvalue weighted by Crippen LogP contribution is -2.23. The lowest BCUT2D eigenvalue weighted by Gasteiger charge is -2.15. The lowest BCUT2D eigenvalue weighted by molar-refractivity contribution is -0.119. The van der Waals surface area contributed by atoms with Gasteiger partial charge in [0.25, 0.3) is 5.91 Å². The van der Waals surface area contributed by atoms with Crippen molar-refractivity contribution in [3.8, 4) is 0 Å². The second-order valence-corrected chi connectivity index (χ2v) is 4.23. The molecule has 1 aliphatic heterocycles. The molecule has 0 atom stereocenters. The van der Waals surface area contributed by atoms with Gasteiger partial charge in [0, 0.05) is 5.69 Å². The number of carbonyl (C=O) groups excluding carboxylic acids is 1. The summed E-state index contributed by atoms with van der Waals surface area (Å²) in [6, 6.07) is 7.14. The van der Waals surface area contributed by atoms with Crippen molar-refractivity contribution in [1.29, 1.82) is 0 Å². The molecule has 4 nitrogen and oxygen atoms in total. The van der Waals surface area contributed by atoms with Crippen LogP contribution in [0.4, 0.5) is 11.4 Å². The number of nitrogen functional groups attached to an aromatic ring is 1. The number of rotatable bonds is 1. The van der Waals surface area contributed by atoms with Gasteiger partial charge in [-0.1, -0.05) is 0 Å². The number of hydrogen-bond acceptors (Lipinski definition) is 3. The second kappa shape index (κ2) is 2.73. The van der Waals surface area contributed by atoms with Crippen molar-refractivity contribution in [2.75, 3.05) is 10.8 Å². The van der Waals surface area contributed by atoms with Crippen molar-refractivity contribution in [1.82, 2.24) is 0 Å². The molecule has 15 heavy (non-hydrogen) atoms. The third-order valence-corrected chi connectivity index (χ3v) is 2.92. The number of benzene rings is 1. The molecule has 1 amide bonds. The maximum Gasteiger partial charge on any atom is 0.253 e. The zero-order valence-corrected chi connectivity index (χ0v) is 8.27. The van der Waals surface area contributed by atoms with E-state index in [0.717, 1.165) is 18.5 Å². The SMILES string of the molecule is Nc1ccc(N2OC3(CC3)CC2=O)cc1. The predicted molar refractivity (Wildman–Crippen MR) is 56.0 cm³/mol. The van der Waals surface area contributed by atoms with Crippen LogP contribution in [0.3, 0.4) is 0 Å². The number of hydrogen-bond donors (Lipinski definition) is 1. The van der Waals surface area contributed by atoms with Crippen LogP contribution in [0.2, 0.25) is 0 Å². The first-order valence-electron chi connectivity index (χ1n) is 5.06. The number of anilines is 2. The normalized spacial score (nSPS) is 22.4. The molecule has 1 spiro atoms. The van der Waals surface area contributed by atoms with Crippen molar-refractivity contribution in [2.45, 2.75) is 24.9 Å². The van der Waals surface area contributed by atoms with Crippen LogP contribution in [-0.2, 0) is 9.63 Å². The largest absolute Gasteiger partial charge is 0.399 e. The number of carbonyl (C=O) groups is 1. The number of nitrogens with zero attached hydrogens (tertiary/aromatic N) is 1. The zero-order chi connectivity index (χ0) is 10.5. The summed E-state index contributed by atoms with van der Waals surface area (Å²) in [6.45, 7) is 0. The highest BCUT2D eigenvalue weighted by Crippen LogP contribution is 2.48. The van der Waals surface area contributed by atoms with Gasteiger partial charge in [0.15, 0.2) is 0 Å². The van der Waals surface area contributed by atoms with Crippen molar-refractivity contribution in [3.05, 3.63) is 24.3 Å². The standard InChI is InChI=1S/C11H12N2O2/c12-8-1-3-9(4-2-8)13-10(14)7-11(15-13)5-6-11/h1-4H,5-7,12H2. The van der Waals surface area contributed by atoms with Crippen molar-refractivity contribution in [2.24, 2.45) is 0 Å². The molecule has 3 rings (SSSR count). The van der Waals surface area contributed by atoms with Gasteiger partial charge in [-0.25, -0.2) is 0 Å². The molecule has 0 radical (unpaired) electrons. The first-order valence-corrected chi connectivity index (χ1v) is 5.06. The summed E-state index contributed by atoms with van der Waals surface area (Å²) in [5.74, 6) is 0.0391. The summed E-state index contributed by atoms with van der Waals surface area (Å²) in [6.07, 6.45) is 2.49. The molecule has 1 aromatic rings. The first-order chi connectivity index (χ1) is 7.19. The van der Waals surface area contributed by atoms with Crippen molar-refractivity contribution in [3.63, 3.8) is 0 Å². The van der Waals surface area contributed by atoms with Crippen LogP contribution in [-0.4, -0.2) is 11.5 Å². The highest BCUT2D eigenvalue weighted by atomic mass is 16.7. The smallest absolute Gasteiger partial charge is 0.253 e. The second-order valence-electron chi connectivity index (χ2n) is 4.23. The summed E-state index contributed by atoms with van der Waals surface area (Å²) in [4.78, 5) is 17.3. The van der Waals surface area contributed by atoms with Crippen LogP contribution < -0.4 is 10.8 Å². The van der Waals surface area contributed by atoms with E-state index in [9.17, 15) is 4.79 Å². The third kappa shape index (κ3) is 1.37. The molecular formula is C11H12N2O2. The van der Waals surface area contributed by atoms with E-state index in [4.69, 9.17) is 10.6 Å². The molecule has 1 saturated heterocycles.